The zero-order chi connectivity index (χ0) is 20.1. The molecular formula is C24H18BrN3O2. The number of para-hydroxylation sites is 1. The normalized spacial score (nSPS) is 18.1. The van der Waals surface area contributed by atoms with Gasteiger partial charge in [-0.3, -0.25) is 4.79 Å². The molecule has 0 saturated carbocycles. The van der Waals surface area contributed by atoms with Crippen LogP contribution in [0.5, 0.6) is 0 Å². The number of aliphatic hydroxyl groups excluding tert-OH is 1. The van der Waals surface area contributed by atoms with E-state index in [2.05, 4.69) is 72.8 Å². The second kappa shape index (κ2) is 5.65. The third kappa shape index (κ3) is 1.89. The van der Waals surface area contributed by atoms with Gasteiger partial charge in [0.15, 0.2) is 0 Å². The van der Waals surface area contributed by atoms with Crippen LogP contribution in [0.1, 0.15) is 15.9 Å². The maximum Gasteiger partial charge on any atom is 0.252 e. The Kier molecular flexibility index (Phi) is 3.19. The van der Waals surface area contributed by atoms with Gasteiger partial charge in [0.05, 0.1) is 16.6 Å². The largest absolute Gasteiger partial charge is 0.396 e. The third-order valence-corrected chi connectivity index (χ3v) is 7.36. The maximum absolute atomic E-state index is 13.0. The summed E-state index contributed by atoms with van der Waals surface area (Å²) < 4.78 is 5.70. The van der Waals surface area contributed by atoms with E-state index in [4.69, 9.17) is 0 Å². The molecule has 30 heavy (non-hydrogen) atoms. The molecule has 0 saturated heterocycles. The minimum Gasteiger partial charge on any atom is -0.396 e. The lowest BCUT2D eigenvalue weighted by Gasteiger charge is -2.15. The van der Waals surface area contributed by atoms with E-state index >= 15 is 0 Å². The van der Waals surface area contributed by atoms with Crippen molar-refractivity contribution in [3.63, 3.8) is 0 Å². The minimum absolute atomic E-state index is 0.00529. The molecule has 0 aliphatic carbocycles. The SMILES string of the molecule is O=C1NCc2c1c1c3cc(Br)ccc3n3c1c1c2c2ccccc2n1CC(CO)C3. The summed E-state index contributed by atoms with van der Waals surface area (Å²) in [5.41, 5.74) is 6.48. The van der Waals surface area contributed by atoms with Gasteiger partial charge < -0.3 is 19.6 Å². The summed E-state index contributed by atoms with van der Waals surface area (Å²) in [6.45, 7) is 2.16. The Balaban J connectivity index is 1.87. The van der Waals surface area contributed by atoms with Crippen LogP contribution in [0.2, 0.25) is 0 Å². The Morgan fingerprint density at radius 3 is 2.53 bits per heavy atom. The molecule has 1 amide bonds. The monoisotopic (exact) mass is 459 g/mol. The number of halogens is 1. The molecule has 148 valence electrons. The fourth-order valence-corrected chi connectivity index (χ4v) is 6.07. The summed E-state index contributed by atoms with van der Waals surface area (Å²) in [5.74, 6) is 0.105. The Morgan fingerprint density at radius 2 is 1.73 bits per heavy atom. The number of benzene rings is 3. The Bertz CT molecular complexity index is 1580. The standard InChI is InChI=1S/C24H18BrN3O2/c25-13-5-6-18-15(7-13)20-21-16(8-26-24(21)30)19-14-3-1-2-4-17(14)27-9-12(11-29)10-28(18)23(20)22(19)27/h1-7,12,29H,8-11H2,(H,26,30). The van der Waals surface area contributed by atoms with Crippen molar-refractivity contribution in [2.24, 2.45) is 5.92 Å². The van der Waals surface area contributed by atoms with Gasteiger partial charge >= 0.3 is 0 Å². The lowest BCUT2D eigenvalue weighted by molar-refractivity contribution is 0.0967. The number of aromatic nitrogens is 2. The predicted molar refractivity (Wildman–Crippen MR) is 122 cm³/mol. The van der Waals surface area contributed by atoms with E-state index in [1.165, 1.54) is 21.8 Å². The number of aliphatic hydroxyl groups is 1. The van der Waals surface area contributed by atoms with Crippen LogP contribution in [0, 0.1) is 5.92 Å². The van der Waals surface area contributed by atoms with Crippen LogP contribution in [0.25, 0.3) is 43.6 Å². The second-order valence-corrected chi connectivity index (χ2v) is 9.35. The summed E-state index contributed by atoms with van der Waals surface area (Å²) in [5, 5.41) is 17.7. The highest BCUT2D eigenvalue weighted by molar-refractivity contribution is 9.10. The summed E-state index contributed by atoms with van der Waals surface area (Å²) >= 11 is 3.62. The van der Waals surface area contributed by atoms with Crippen LogP contribution >= 0.6 is 15.9 Å². The number of carbonyl (C=O) groups is 1. The maximum atomic E-state index is 13.0. The minimum atomic E-state index is 0.00529. The molecule has 0 spiro atoms. The molecule has 3 aromatic carbocycles. The molecule has 5 aromatic rings. The van der Waals surface area contributed by atoms with E-state index in [1.807, 2.05) is 0 Å². The molecule has 1 atom stereocenters. The quantitative estimate of drug-likeness (QED) is 0.386. The van der Waals surface area contributed by atoms with Gasteiger partial charge in [-0.05, 0) is 29.8 Å². The Morgan fingerprint density at radius 1 is 1.00 bits per heavy atom. The van der Waals surface area contributed by atoms with Crippen molar-refractivity contribution < 1.29 is 9.90 Å². The summed E-state index contributed by atoms with van der Waals surface area (Å²) in [6.07, 6.45) is 0. The van der Waals surface area contributed by atoms with E-state index in [0.29, 0.717) is 6.54 Å². The van der Waals surface area contributed by atoms with Gasteiger partial charge in [0, 0.05) is 69.2 Å². The molecule has 7 rings (SSSR count). The zero-order valence-electron chi connectivity index (χ0n) is 16.1. The highest BCUT2D eigenvalue weighted by Gasteiger charge is 2.34. The number of hydrogen-bond donors (Lipinski definition) is 2. The average Bonchev–Trinajstić information content (AvgIpc) is 3.34. The Labute approximate surface area is 180 Å². The van der Waals surface area contributed by atoms with E-state index in [1.54, 1.807) is 0 Å². The number of carbonyl (C=O) groups excluding carboxylic acids is 1. The van der Waals surface area contributed by atoms with Gasteiger partial charge in [0.25, 0.3) is 5.91 Å². The van der Waals surface area contributed by atoms with Crippen LogP contribution in [0.3, 0.4) is 0 Å². The molecule has 2 aliphatic rings. The van der Waals surface area contributed by atoms with Crippen molar-refractivity contribution in [1.82, 2.24) is 14.5 Å². The number of nitrogens with one attached hydrogen (secondary N) is 1. The molecule has 2 aliphatic heterocycles. The summed E-state index contributed by atoms with van der Waals surface area (Å²) in [7, 11) is 0. The molecule has 1 unspecified atom stereocenters. The van der Waals surface area contributed by atoms with Crippen LogP contribution in [0.4, 0.5) is 0 Å². The lowest BCUT2D eigenvalue weighted by atomic mass is 9.97. The van der Waals surface area contributed by atoms with Gasteiger partial charge in [-0.15, -0.1) is 0 Å². The summed E-state index contributed by atoms with van der Waals surface area (Å²) in [6, 6.07) is 14.7. The molecule has 5 nitrogen and oxygen atoms in total. The van der Waals surface area contributed by atoms with E-state index in [-0.39, 0.29) is 18.4 Å². The van der Waals surface area contributed by atoms with E-state index in [9.17, 15) is 9.90 Å². The molecule has 2 N–H and O–H groups in total. The summed E-state index contributed by atoms with van der Waals surface area (Å²) in [4.78, 5) is 13.0. The van der Waals surface area contributed by atoms with Gasteiger partial charge in [-0.25, -0.2) is 0 Å². The number of rotatable bonds is 1. The predicted octanol–water partition coefficient (Wildman–Crippen LogP) is 4.53. The van der Waals surface area contributed by atoms with E-state index in [0.717, 1.165) is 50.5 Å². The van der Waals surface area contributed by atoms with Crippen LogP contribution in [-0.2, 0) is 19.6 Å². The van der Waals surface area contributed by atoms with Crippen LogP contribution < -0.4 is 5.32 Å². The fraction of sp³-hybridized carbons (Fsp3) is 0.208. The molecule has 6 heteroatoms. The first kappa shape index (κ1) is 16.9. The first-order valence-electron chi connectivity index (χ1n) is 10.2. The molecule has 0 bridgehead atoms. The molecule has 4 heterocycles. The number of hydrogen-bond acceptors (Lipinski definition) is 2. The van der Waals surface area contributed by atoms with Gasteiger partial charge in [-0.1, -0.05) is 34.1 Å². The first-order chi connectivity index (χ1) is 14.7. The number of nitrogens with zero attached hydrogens (tertiary/aromatic N) is 2. The highest BCUT2D eigenvalue weighted by Crippen LogP contribution is 2.46. The second-order valence-electron chi connectivity index (χ2n) is 8.43. The smallest absolute Gasteiger partial charge is 0.252 e. The van der Waals surface area contributed by atoms with Crippen LogP contribution in [-0.4, -0.2) is 26.8 Å². The van der Waals surface area contributed by atoms with Gasteiger partial charge in [0.1, 0.15) is 0 Å². The Hall–Kier alpha value is -2.83. The van der Waals surface area contributed by atoms with Crippen molar-refractivity contribution in [3.8, 4) is 0 Å². The van der Waals surface area contributed by atoms with Crippen molar-refractivity contribution in [2.45, 2.75) is 19.6 Å². The molecular weight excluding hydrogens is 442 g/mol. The first-order valence-corrected chi connectivity index (χ1v) is 11.0. The van der Waals surface area contributed by atoms with Crippen molar-refractivity contribution in [3.05, 3.63) is 58.1 Å². The lowest BCUT2D eigenvalue weighted by Crippen LogP contribution is -2.18. The topological polar surface area (TPSA) is 59.2 Å². The van der Waals surface area contributed by atoms with Gasteiger partial charge in [-0.2, -0.15) is 0 Å². The number of amides is 1. The van der Waals surface area contributed by atoms with Crippen LogP contribution in [0.15, 0.2) is 46.9 Å². The van der Waals surface area contributed by atoms with Crippen molar-refractivity contribution >= 4 is 65.4 Å². The molecule has 0 fully saturated rings. The molecule has 2 aromatic heterocycles. The van der Waals surface area contributed by atoms with Crippen molar-refractivity contribution in [2.75, 3.05) is 6.61 Å². The molecule has 0 radical (unpaired) electrons. The van der Waals surface area contributed by atoms with Gasteiger partial charge in [0.2, 0.25) is 0 Å². The average molecular weight is 460 g/mol. The number of fused-ring (bicyclic) bond motifs is 9. The van der Waals surface area contributed by atoms with E-state index < -0.39 is 0 Å². The highest BCUT2D eigenvalue weighted by atomic mass is 79.9. The third-order valence-electron chi connectivity index (χ3n) is 6.87. The van der Waals surface area contributed by atoms with Crippen molar-refractivity contribution in [1.29, 1.82) is 0 Å². The fourth-order valence-electron chi connectivity index (χ4n) is 5.71. The zero-order valence-corrected chi connectivity index (χ0v) is 17.7.